The first-order valence-corrected chi connectivity index (χ1v) is 10.9. The van der Waals surface area contributed by atoms with Crippen LogP contribution in [0.2, 0.25) is 0 Å². The minimum absolute atomic E-state index is 0.0350. The fourth-order valence-corrected chi connectivity index (χ4v) is 4.00. The van der Waals surface area contributed by atoms with Crippen LogP contribution in [0.5, 0.6) is 0 Å². The van der Waals surface area contributed by atoms with E-state index >= 15 is 0 Å². The number of rotatable bonds is 6. The number of hydrogen-bond donors (Lipinski definition) is 1. The maximum atomic E-state index is 14.8. The number of carbonyl (C=O) groups is 3. The van der Waals surface area contributed by atoms with Gasteiger partial charge in [-0.1, -0.05) is 48.0 Å². The predicted molar refractivity (Wildman–Crippen MR) is 127 cm³/mol. The lowest BCUT2D eigenvalue weighted by Crippen LogP contribution is -2.62. The molecule has 174 valence electrons. The molecule has 7 nitrogen and oxygen atoms in total. The van der Waals surface area contributed by atoms with Crippen molar-refractivity contribution in [2.75, 3.05) is 11.4 Å². The number of halogens is 1. The number of amidine groups is 1. The van der Waals surface area contributed by atoms with E-state index in [4.69, 9.17) is 0 Å². The van der Waals surface area contributed by atoms with Crippen LogP contribution in [-0.2, 0) is 20.9 Å². The fraction of sp³-hybridized carbons (Fsp3) is 0.231. The molecule has 3 amide bonds. The minimum atomic E-state index is -1.38. The van der Waals surface area contributed by atoms with Gasteiger partial charge in [0, 0.05) is 12.7 Å². The van der Waals surface area contributed by atoms with Crippen molar-refractivity contribution in [3.63, 3.8) is 0 Å². The summed E-state index contributed by atoms with van der Waals surface area (Å²) < 4.78 is 14.8. The number of para-hydroxylation sites is 1. The molecule has 2 aromatic carbocycles. The number of benzene rings is 2. The number of aryl methyl sites for hydroxylation is 1. The molecule has 0 saturated heterocycles. The Morgan fingerprint density at radius 2 is 1.88 bits per heavy atom. The van der Waals surface area contributed by atoms with Gasteiger partial charge in [0.1, 0.15) is 23.7 Å². The van der Waals surface area contributed by atoms with Crippen LogP contribution in [-0.4, -0.2) is 40.5 Å². The molecule has 2 heterocycles. The third kappa shape index (κ3) is 4.66. The van der Waals surface area contributed by atoms with Gasteiger partial charge in [-0.2, -0.15) is 4.99 Å². The second-order valence-electron chi connectivity index (χ2n) is 8.49. The number of nitrogens with one attached hydrogen (secondary N) is 1. The number of nitrogens with zero attached hydrogens (tertiary/aromatic N) is 3. The van der Waals surface area contributed by atoms with Crippen molar-refractivity contribution in [2.24, 2.45) is 4.99 Å². The lowest BCUT2D eigenvalue weighted by molar-refractivity contribution is -0.133. The van der Waals surface area contributed by atoms with Crippen LogP contribution in [0.4, 0.5) is 10.1 Å². The highest BCUT2D eigenvalue weighted by Crippen LogP contribution is 2.32. The van der Waals surface area contributed by atoms with Gasteiger partial charge in [0.2, 0.25) is 5.91 Å². The summed E-state index contributed by atoms with van der Waals surface area (Å²) in [6.45, 7) is 3.43. The second kappa shape index (κ2) is 9.43. The maximum absolute atomic E-state index is 14.8. The molecule has 0 aliphatic carbocycles. The van der Waals surface area contributed by atoms with Crippen molar-refractivity contribution >= 4 is 29.2 Å². The van der Waals surface area contributed by atoms with Crippen molar-refractivity contribution in [1.82, 2.24) is 10.2 Å². The first kappa shape index (κ1) is 23.1. The van der Waals surface area contributed by atoms with Crippen molar-refractivity contribution in [3.05, 3.63) is 89.9 Å². The Hall–Kier alpha value is -4.07. The van der Waals surface area contributed by atoms with E-state index in [9.17, 15) is 18.8 Å². The Balaban J connectivity index is 1.61. The summed E-state index contributed by atoms with van der Waals surface area (Å²) in [5.41, 5.74) is 0.590. The standard InChI is InChI=1S/C26H25FN4O3/c1-18-10-12-19(13-11-18)16-28-24(33)17-30(21-8-4-3-7-20(21)27)25(34)26(2)15-23(32)29-22-9-5-6-14-31(22)26/h3-14H,15-17H2,1-2H3,(H,28,33)/t26-/m0/s1. The lowest BCUT2D eigenvalue weighted by atomic mass is 9.90. The Morgan fingerprint density at radius 1 is 1.15 bits per heavy atom. The Labute approximate surface area is 197 Å². The smallest absolute Gasteiger partial charge is 0.254 e. The van der Waals surface area contributed by atoms with Crippen LogP contribution in [0.3, 0.4) is 0 Å². The number of allylic oxidation sites excluding steroid dienone is 2. The van der Waals surface area contributed by atoms with Crippen molar-refractivity contribution in [1.29, 1.82) is 0 Å². The van der Waals surface area contributed by atoms with Crippen LogP contribution in [0.15, 0.2) is 78.0 Å². The van der Waals surface area contributed by atoms with Crippen LogP contribution in [0, 0.1) is 12.7 Å². The van der Waals surface area contributed by atoms with Crippen LogP contribution < -0.4 is 10.2 Å². The van der Waals surface area contributed by atoms with Gasteiger partial charge in [0.25, 0.3) is 11.8 Å². The minimum Gasteiger partial charge on any atom is -0.350 e. The number of amides is 3. The Bertz CT molecular complexity index is 1220. The van der Waals surface area contributed by atoms with Gasteiger partial charge in [0.15, 0.2) is 0 Å². The number of carbonyl (C=O) groups excluding carboxylic acids is 3. The second-order valence-corrected chi connectivity index (χ2v) is 8.49. The molecule has 2 aromatic rings. The van der Waals surface area contributed by atoms with Crippen molar-refractivity contribution < 1.29 is 18.8 Å². The van der Waals surface area contributed by atoms with E-state index in [0.29, 0.717) is 5.84 Å². The molecule has 0 fully saturated rings. The van der Waals surface area contributed by atoms with Gasteiger partial charge in [-0.3, -0.25) is 19.3 Å². The largest absolute Gasteiger partial charge is 0.350 e. The quantitative estimate of drug-likeness (QED) is 0.718. The summed E-state index contributed by atoms with van der Waals surface area (Å²) in [6, 6.07) is 13.5. The normalized spacial score (nSPS) is 18.9. The summed E-state index contributed by atoms with van der Waals surface area (Å²) in [5.74, 6) is -1.81. The summed E-state index contributed by atoms with van der Waals surface area (Å²) in [4.78, 5) is 45.8. The zero-order chi connectivity index (χ0) is 24.3. The first-order chi connectivity index (χ1) is 16.3. The molecule has 0 aromatic heterocycles. The Morgan fingerprint density at radius 3 is 2.62 bits per heavy atom. The summed E-state index contributed by atoms with van der Waals surface area (Å²) >= 11 is 0. The number of aliphatic imine (C=N–C) groups is 1. The maximum Gasteiger partial charge on any atom is 0.254 e. The molecular weight excluding hydrogens is 435 g/mol. The molecule has 2 aliphatic heterocycles. The number of fused-ring (bicyclic) bond motifs is 1. The van der Waals surface area contributed by atoms with E-state index in [-0.39, 0.29) is 18.7 Å². The van der Waals surface area contributed by atoms with Crippen molar-refractivity contribution in [3.8, 4) is 0 Å². The van der Waals surface area contributed by atoms with Gasteiger partial charge in [-0.15, -0.1) is 0 Å². The van der Waals surface area contributed by atoms with Gasteiger partial charge < -0.3 is 10.2 Å². The zero-order valence-corrected chi connectivity index (χ0v) is 19.0. The van der Waals surface area contributed by atoms with E-state index < -0.39 is 35.6 Å². The Kier molecular flexibility index (Phi) is 6.40. The van der Waals surface area contributed by atoms with Gasteiger partial charge in [-0.05, 0) is 43.7 Å². The molecule has 1 atom stereocenters. The highest BCUT2D eigenvalue weighted by Gasteiger charge is 2.48. The molecule has 8 heteroatoms. The molecular formula is C26H25FN4O3. The topological polar surface area (TPSA) is 82.1 Å². The van der Waals surface area contributed by atoms with E-state index in [2.05, 4.69) is 10.3 Å². The number of hydrogen-bond acceptors (Lipinski definition) is 4. The highest BCUT2D eigenvalue weighted by molar-refractivity contribution is 6.13. The van der Waals surface area contributed by atoms with E-state index in [1.807, 2.05) is 31.2 Å². The predicted octanol–water partition coefficient (Wildman–Crippen LogP) is 3.26. The van der Waals surface area contributed by atoms with Crippen LogP contribution in [0.25, 0.3) is 0 Å². The molecule has 0 saturated carbocycles. The summed E-state index contributed by atoms with van der Waals surface area (Å²) in [7, 11) is 0. The van der Waals surface area contributed by atoms with E-state index in [1.165, 1.54) is 18.2 Å². The molecule has 4 rings (SSSR count). The third-order valence-corrected chi connectivity index (χ3v) is 5.87. The lowest BCUT2D eigenvalue weighted by Gasteiger charge is -2.44. The molecule has 1 N–H and O–H groups in total. The molecule has 0 unspecified atom stereocenters. The average Bonchev–Trinajstić information content (AvgIpc) is 2.82. The van der Waals surface area contributed by atoms with Gasteiger partial charge in [-0.25, -0.2) is 4.39 Å². The fourth-order valence-electron chi connectivity index (χ4n) is 4.00. The van der Waals surface area contributed by atoms with E-state index in [0.717, 1.165) is 16.0 Å². The third-order valence-electron chi connectivity index (χ3n) is 5.87. The van der Waals surface area contributed by atoms with Crippen LogP contribution >= 0.6 is 0 Å². The zero-order valence-electron chi connectivity index (χ0n) is 19.0. The highest BCUT2D eigenvalue weighted by atomic mass is 19.1. The molecule has 0 bridgehead atoms. The van der Waals surface area contributed by atoms with Gasteiger partial charge >= 0.3 is 0 Å². The SMILES string of the molecule is Cc1ccc(CNC(=O)CN(C(=O)[C@]2(C)CC(=O)N=C3C=CC=CN32)c2ccccc2F)cc1. The molecule has 0 radical (unpaired) electrons. The molecule has 0 spiro atoms. The monoisotopic (exact) mass is 460 g/mol. The molecule has 2 aliphatic rings. The van der Waals surface area contributed by atoms with Crippen LogP contribution in [0.1, 0.15) is 24.5 Å². The molecule has 34 heavy (non-hydrogen) atoms. The van der Waals surface area contributed by atoms with Gasteiger partial charge in [0.05, 0.1) is 12.1 Å². The summed E-state index contributed by atoms with van der Waals surface area (Å²) in [5, 5.41) is 2.79. The summed E-state index contributed by atoms with van der Waals surface area (Å²) in [6.07, 6.45) is 6.52. The first-order valence-electron chi connectivity index (χ1n) is 10.9. The van der Waals surface area contributed by atoms with E-state index in [1.54, 1.807) is 42.3 Å². The van der Waals surface area contributed by atoms with Crippen molar-refractivity contribution in [2.45, 2.75) is 32.4 Å². The number of anilines is 1. The average molecular weight is 461 g/mol.